The Morgan fingerprint density at radius 1 is 1.09 bits per heavy atom. The van der Waals surface area contributed by atoms with Crippen molar-refractivity contribution in [2.45, 2.75) is 0 Å². The Morgan fingerprint density at radius 3 is 2.50 bits per heavy atom. The van der Waals surface area contributed by atoms with Gasteiger partial charge in [0.25, 0.3) is 5.69 Å². The number of nitro benzene ring substituents is 1. The van der Waals surface area contributed by atoms with Crippen LogP contribution in [0.25, 0.3) is 11.3 Å². The summed E-state index contributed by atoms with van der Waals surface area (Å²) in [5, 5.41) is 13.2. The molecule has 3 rings (SSSR count). The van der Waals surface area contributed by atoms with Gasteiger partial charge >= 0.3 is 0 Å². The predicted octanol–water partition coefficient (Wildman–Crippen LogP) is 4.47. The molecule has 1 aromatic heterocycles. The normalized spacial score (nSPS) is 10.9. The van der Waals surface area contributed by atoms with E-state index in [0.717, 1.165) is 16.8 Å². The summed E-state index contributed by atoms with van der Waals surface area (Å²) in [6.45, 7) is 0. The van der Waals surface area contributed by atoms with E-state index in [1.807, 2.05) is 35.7 Å². The van der Waals surface area contributed by atoms with Gasteiger partial charge in [0.2, 0.25) is 5.13 Å². The van der Waals surface area contributed by atoms with E-state index in [-0.39, 0.29) is 5.69 Å². The third-order valence-electron chi connectivity index (χ3n) is 2.99. The minimum Gasteiger partial charge on any atom is -0.258 e. The second-order valence-electron chi connectivity index (χ2n) is 4.49. The van der Waals surface area contributed by atoms with Crippen molar-refractivity contribution in [2.24, 2.45) is 4.99 Å². The number of thiazole rings is 1. The molecular formula is C16H11N3O2S. The number of hydrogen-bond donors (Lipinski definition) is 0. The van der Waals surface area contributed by atoms with Crippen molar-refractivity contribution in [2.75, 3.05) is 0 Å². The highest BCUT2D eigenvalue weighted by atomic mass is 32.1. The third kappa shape index (κ3) is 3.24. The maximum Gasteiger partial charge on any atom is 0.269 e. The molecule has 0 radical (unpaired) electrons. The fraction of sp³-hybridized carbons (Fsp3) is 0. The first-order valence-electron chi connectivity index (χ1n) is 6.52. The van der Waals surface area contributed by atoms with Crippen LogP contribution in [0.3, 0.4) is 0 Å². The van der Waals surface area contributed by atoms with Gasteiger partial charge in [-0.3, -0.25) is 10.1 Å². The summed E-state index contributed by atoms with van der Waals surface area (Å²) in [5.74, 6) is 0. The fourth-order valence-corrected chi connectivity index (χ4v) is 2.55. The minimum atomic E-state index is -0.423. The largest absolute Gasteiger partial charge is 0.269 e. The first-order chi connectivity index (χ1) is 10.7. The zero-order valence-electron chi connectivity index (χ0n) is 11.4. The average Bonchev–Trinajstić information content (AvgIpc) is 3.03. The number of nitrogens with zero attached hydrogens (tertiary/aromatic N) is 3. The van der Waals surface area contributed by atoms with E-state index in [1.54, 1.807) is 18.3 Å². The molecule has 0 saturated carbocycles. The molecule has 0 unspecified atom stereocenters. The minimum absolute atomic E-state index is 0.0674. The number of hydrogen-bond acceptors (Lipinski definition) is 5. The summed E-state index contributed by atoms with van der Waals surface area (Å²) in [6.07, 6.45) is 1.65. The molecule has 0 atom stereocenters. The lowest BCUT2D eigenvalue weighted by atomic mass is 10.2. The van der Waals surface area contributed by atoms with Crippen LogP contribution in [0, 0.1) is 10.1 Å². The van der Waals surface area contributed by atoms with Crippen LogP contribution in [0.4, 0.5) is 10.8 Å². The summed E-state index contributed by atoms with van der Waals surface area (Å²) < 4.78 is 0. The maximum absolute atomic E-state index is 10.6. The lowest BCUT2D eigenvalue weighted by molar-refractivity contribution is -0.384. The van der Waals surface area contributed by atoms with E-state index in [2.05, 4.69) is 9.98 Å². The van der Waals surface area contributed by atoms with Gasteiger partial charge in [-0.15, -0.1) is 11.3 Å². The highest BCUT2D eigenvalue weighted by Crippen LogP contribution is 2.26. The number of rotatable bonds is 4. The smallest absolute Gasteiger partial charge is 0.258 e. The molecule has 0 aliphatic rings. The van der Waals surface area contributed by atoms with Gasteiger partial charge in [0.05, 0.1) is 10.6 Å². The van der Waals surface area contributed by atoms with E-state index in [1.165, 1.54) is 23.5 Å². The topological polar surface area (TPSA) is 68.4 Å². The van der Waals surface area contributed by atoms with Gasteiger partial charge in [0.1, 0.15) is 0 Å². The molecule has 5 nitrogen and oxygen atoms in total. The zero-order valence-corrected chi connectivity index (χ0v) is 12.2. The zero-order chi connectivity index (χ0) is 15.4. The summed E-state index contributed by atoms with van der Waals surface area (Å²) in [7, 11) is 0. The molecule has 0 aliphatic carbocycles. The Hall–Kier alpha value is -2.86. The second-order valence-corrected chi connectivity index (χ2v) is 5.32. The van der Waals surface area contributed by atoms with E-state index in [4.69, 9.17) is 0 Å². The van der Waals surface area contributed by atoms with Gasteiger partial charge in [-0.05, 0) is 17.7 Å². The number of non-ortho nitro benzene ring substituents is 1. The molecule has 0 aliphatic heterocycles. The van der Waals surface area contributed by atoms with Gasteiger partial charge in [-0.1, -0.05) is 30.3 Å². The summed E-state index contributed by atoms with van der Waals surface area (Å²) in [4.78, 5) is 18.9. The molecule has 0 saturated heterocycles. The lowest BCUT2D eigenvalue weighted by Crippen LogP contribution is -1.88. The van der Waals surface area contributed by atoms with Crippen LogP contribution in [0.15, 0.2) is 65.0 Å². The number of nitro groups is 1. The van der Waals surface area contributed by atoms with Crippen LogP contribution in [-0.2, 0) is 0 Å². The molecule has 0 N–H and O–H groups in total. The van der Waals surface area contributed by atoms with Crippen LogP contribution in [0.5, 0.6) is 0 Å². The highest BCUT2D eigenvalue weighted by Gasteiger charge is 2.04. The molecule has 2 aromatic carbocycles. The third-order valence-corrected chi connectivity index (χ3v) is 3.74. The van der Waals surface area contributed by atoms with Crippen molar-refractivity contribution in [1.29, 1.82) is 0 Å². The molecule has 108 valence electrons. The molecular weight excluding hydrogens is 298 g/mol. The average molecular weight is 309 g/mol. The van der Waals surface area contributed by atoms with Crippen molar-refractivity contribution in [3.8, 4) is 11.3 Å². The Bertz CT molecular complexity index is 811. The Kier molecular flexibility index (Phi) is 4.02. The van der Waals surface area contributed by atoms with Crippen LogP contribution in [-0.4, -0.2) is 16.1 Å². The molecule has 3 aromatic rings. The first-order valence-corrected chi connectivity index (χ1v) is 7.40. The van der Waals surface area contributed by atoms with E-state index in [0.29, 0.717) is 5.13 Å². The summed E-state index contributed by atoms with van der Waals surface area (Å²) >= 11 is 1.45. The van der Waals surface area contributed by atoms with Crippen molar-refractivity contribution < 1.29 is 4.92 Å². The standard InChI is InChI=1S/C16H11N3O2S/c20-19(21)14-8-6-12(7-9-14)10-17-16-18-15(11-22-16)13-4-2-1-3-5-13/h1-11H/b17-10+. The predicted molar refractivity (Wildman–Crippen MR) is 87.9 cm³/mol. The van der Waals surface area contributed by atoms with Gasteiger partial charge < -0.3 is 0 Å². The monoisotopic (exact) mass is 309 g/mol. The van der Waals surface area contributed by atoms with Crippen LogP contribution >= 0.6 is 11.3 Å². The van der Waals surface area contributed by atoms with Gasteiger partial charge in [-0.2, -0.15) is 0 Å². The van der Waals surface area contributed by atoms with Crippen LogP contribution in [0.1, 0.15) is 5.56 Å². The Labute approximate surface area is 130 Å². The Morgan fingerprint density at radius 2 is 1.82 bits per heavy atom. The first kappa shape index (κ1) is 14.1. The summed E-state index contributed by atoms with van der Waals surface area (Å²) in [6, 6.07) is 16.1. The second kappa shape index (κ2) is 6.28. The highest BCUT2D eigenvalue weighted by molar-refractivity contribution is 7.13. The lowest BCUT2D eigenvalue weighted by Gasteiger charge is -1.94. The van der Waals surface area contributed by atoms with E-state index in [9.17, 15) is 10.1 Å². The van der Waals surface area contributed by atoms with Crippen LogP contribution < -0.4 is 0 Å². The van der Waals surface area contributed by atoms with Crippen molar-refractivity contribution >= 4 is 28.4 Å². The van der Waals surface area contributed by atoms with Gasteiger partial charge in [0, 0.05) is 29.3 Å². The van der Waals surface area contributed by atoms with Crippen molar-refractivity contribution in [3.05, 3.63) is 75.7 Å². The number of benzene rings is 2. The van der Waals surface area contributed by atoms with E-state index < -0.39 is 4.92 Å². The fourth-order valence-electron chi connectivity index (χ4n) is 1.88. The maximum atomic E-state index is 10.6. The molecule has 0 fully saturated rings. The van der Waals surface area contributed by atoms with Gasteiger partial charge in [0.15, 0.2) is 0 Å². The van der Waals surface area contributed by atoms with Crippen LogP contribution in [0.2, 0.25) is 0 Å². The molecule has 0 bridgehead atoms. The quantitative estimate of drug-likeness (QED) is 0.405. The number of aromatic nitrogens is 1. The van der Waals surface area contributed by atoms with Gasteiger partial charge in [-0.25, -0.2) is 9.98 Å². The molecule has 0 spiro atoms. The van der Waals surface area contributed by atoms with Crippen molar-refractivity contribution in [1.82, 2.24) is 4.98 Å². The molecule has 22 heavy (non-hydrogen) atoms. The summed E-state index contributed by atoms with van der Waals surface area (Å²) in [5.41, 5.74) is 2.80. The van der Waals surface area contributed by atoms with Crippen molar-refractivity contribution in [3.63, 3.8) is 0 Å². The van der Waals surface area contributed by atoms with E-state index >= 15 is 0 Å². The SMILES string of the molecule is O=[N+]([O-])c1ccc(/C=N/c2nc(-c3ccccc3)cs2)cc1. The Balaban J connectivity index is 1.76. The number of aliphatic imine (C=N–C) groups is 1. The molecule has 1 heterocycles. The molecule has 0 amide bonds. The molecule has 6 heteroatoms.